The number of rotatable bonds is 1. The van der Waals surface area contributed by atoms with Gasteiger partial charge >= 0.3 is 0 Å². The van der Waals surface area contributed by atoms with E-state index in [0.29, 0.717) is 0 Å². The predicted molar refractivity (Wildman–Crippen MR) is 68.5 cm³/mol. The second-order valence-corrected chi connectivity index (χ2v) is 3.79. The molecule has 1 N–H and O–H groups in total. The Bertz CT molecular complexity index is 530. The molecule has 0 radical (unpaired) electrons. The van der Waals surface area contributed by atoms with Crippen LogP contribution >= 0.6 is 0 Å². The van der Waals surface area contributed by atoms with Gasteiger partial charge in [-0.15, -0.1) is 0 Å². The lowest BCUT2D eigenvalue weighted by Gasteiger charge is -2.13. The molecule has 0 aromatic heterocycles. The molecule has 0 fully saturated rings. The fourth-order valence-corrected chi connectivity index (χ4v) is 1.90. The molecule has 0 spiro atoms. The summed E-state index contributed by atoms with van der Waals surface area (Å²) in [6.07, 6.45) is 1.89. The number of hydrogen-bond acceptors (Lipinski definition) is 2. The van der Waals surface area contributed by atoms with Crippen LogP contribution in [0.5, 0.6) is 0 Å². The van der Waals surface area contributed by atoms with Crippen LogP contribution in [0, 0.1) is 0 Å². The predicted octanol–water partition coefficient (Wildman–Crippen LogP) is 3.48. The first-order valence-electron chi connectivity index (χ1n) is 5.39. The molecule has 0 aliphatic carbocycles. The van der Waals surface area contributed by atoms with E-state index in [1.807, 2.05) is 12.3 Å². The summed E-state index contributed by atoms with van der Waals surface area (Å²) >= 11 is 0. The summed E-state index contributed by atoms with van der Waals surface area (Å²) in [5.74, 6) is 0. The molecule has 2 aromatic rings. The van der Waals surface area contributed by atoms with Crippen LogP contribution in [0.3, 0.4) is 0 Å². The minimum Gasteiger partial charge on any atom is -0.378 e. The molecular weight excluding hydrogens is 196 g/mol. The van der Waals surface area contributed by atoms with Gasteiger partial charge in [-0.05, 0) is 23.3 Å². The lowest BCUT2D eigenvalue weighted by Crippen LogP contribution is -2.06. The lowest BCUT2D eigenvalue weighted by atomic mass is 10.0. The summed E-state index contributed by atoms with van der Waals surface area (Å²) in [4.78, 5) is 4.34. The third-order valence-corrected chi connectivity index (χ3v) is 2.72. The molecule has 0 unspecified atom stereocenters. The van der Waals surface area contributed by atoms with Gasteiger partial charge in [0.1, 0.15) is 0 Å². The van der Waals surface area contributed by atoms with Crippen molar-refractivity contribution in [1.29, 1.82) is 0 Å². The summed E-state index contributed by atoms with van der Waals surface area (Å²) in [7, 11) is 0. The van der Waals surface area contributed by atoms with Crippen molar-refractivity contribution in [2.75, 3.05) is 11.9 Å². The van der Waals surface area contributed by atoms with E-state index < -0.39 is 0 Å². The maximum atomic E-state index is 4.34. The molecule has 16 heavy (non-hydrogen) atoms. The maximum absolute atomic E-state index is 4.34. The summed E-state index contributed by atoms with van der Waals surface area (Å²) in [5, 5.41) is 3.32. The molecule has 1 aliphatic rings. The molecule has 1 aliphatic heterocycles. The average molecular weight is 208 g/mol. The van der Waals surface area contributed by atoms with Crippen molar-refractivity contribution in [3.05, 3.63) is 48.5 Å². The highest BCUT2D eigenvalue weighted by molar-refractivity contribution is 5.83. The van der Waals surface area contributed by atoms with Crippen LogP contribution in [0.4, 0.5) is 11.4 Å². The van der Waals surface area contributed by atoms with Gasteiger partial charge in [0.25, 0.3) is 0 Å². The third-order valence-electron chi connectivity index (χ3n) is 2.72. The van der Waals surface area contributed by atoms with Gasteiger partial charge < -0.3 is 5.32 Å². The Morgan fingerprint density at radius 1 is 0.938 bits per heavy atom. The molecule has 0 amide bonds. The van der Waals surface area contributed by atoms with Gasteiger partial charge in [-0.3, -0.25) is 4.99 Å². The van der Waals surface area contributed by atoms with Crippen LogP contribution in [0.25, 0.3) is 11.1 Å². The zero-order valence-electron chi connectivity index (χ0n) is 8.85. The standard InChI is InChI=1S/C14H12N2/c1-2-4-11(5-3-1)12-6-7-13-14(10-12)16-9-8-15-13/h1-8,10,16H,9H2. The molecule has 2 heteroatoms. The molecule has 0 saturated heterocycles. The van der Waals surface area contributed by atoms with Crippen molar-refractivity contribution in [3.63, 3.8) is 0 Å². The van der Waals surface area contributed by atoms with Gasteiger partial charge in [-0.2, -0.15) is 0 Å². The fraction of sp³-hybridized carbons (Fsp3) is 0.0714. The van der Waals surface area contributed by atoms with E-state index in [1.54, 1.807) is 0 Å². The third kappa shape index (κ3) is 1.58. The minimum absolute atomic E-state index is 0.811. The van der Waals surface area contributed by atoms with Gasteiger partial charge in [-0.1, -0.05) is 36.4 Å². The molecule has 0 atom stereocenters. The van der Waals surface area contributed by atoms with Crippen LogP contribution in [0.1, 0.15) is 0 Å². The number of benzene rings is 2. The van der Waals surface area contributed by atoms with Crippen molar-refractivity contribution in [2.24, 2.45) is 4.99 Å². The molecular formula is C14H12N2. The van der Waals surface area contributed by atoms with E-state index in [0.717, 1.165) is 17.9 Å². The molecule has 1 heterocycles. The first-order chi connectivity index (χ1) is 7.93. The van der Waals surface area contributed by atoms with E-state index in [4.69, 9.17) is 0 Å². The Kier molecular flexibility index (Phi) is 2.18. The van der Waals surface area contributed by atoms with Crippen molar-refractivity contribution in [3.8, 4) is 11.1 Å². The number of aliphatic imine (C=N–C) groups is 1. The molecule has 0 saturated carbocycles. The van der Waals surface area contributed by atoms with Gasteiger partial charge in [0.15, 0.2) is 0 Å². The van der Waals surface area contributed by atoms with E-state index in [1.165, 1.54) is 11.1 Å². The lowest BCUT2D eigenvalue weighted by molar-refractivity contribution is 1.33. The monoisotopic (exact) mass is 208 g/mol. The van der Waals surface area contributed by atoms with Crippen LogP contribution < -0.4 is 5.32 Å². The van der Waals surface area contributed by atoms with Crippen LogP contribution in [-0.4, -0.2) is 12.8 Å². The fourth-order valence-electron chi connectivity index (χ4n) is 1.90. The Morgan fingerprint density at radius 3 is 2.69 bits per heavy atom. The van der Waals surface area contributed by atoms with Crippen LogP contribution in [0.15, 0.2) is 53.5 Å². The number of nitrogens with zero attached hydrogens (tertiary/aromatic N) is 1. The Morgan fingerprint density at radius 2 is 1.81 bits per heavy atom. The van der Waals surface area contributed by atoms with E-state index >= 15 is 0 Å². The molecule has 2 aromatic carbocycles. The number of anilines is 1. The Labute approximate surface area is 94.7 Å². The van der Waals surface area contributed by atoms with Crippen molar-refractivity contribution < 1.29 is 0 Å². The normalized spacial score (nSPS) is 13.0. The molecule has 0 bridgehead atoms. The second kappa shape index (κ2) is 3.81. The van der Waals surface area contributed by atoms with Gasteiger partial charge in [-0.25, -0.2) is 0 Å². The summed E-state index contributed by atoms with van der Waals surface area (Å²) in [6.45, 7) is 0.811. The Hall–Kier alpha value is -2.09. The Balaban J connectivity index is 2.07. The summed E-state index contributed by atoms with van der Waals surface area (Å²) in [6, 6.07) is 16.7. The molecule has 3 rings (SSSR count). The first-order valence-corrected chi connectivity index (χ1v) is 5.39. The summed E-state index contributed by atoms with van der Waals surface area (Å²) < 4.78 is 0. The molecule has 78 valence electrons. The highest BCUT2D eigenvalue weighted by Crippen LogP contribution is 2.31. The van der Waals surface area contributed by atoms with E-state index in [-0.39, 0.29) is 0 Å². The topological polar surface area (TPSA) is 24.4 Å². The number of nitrogens with one attached hydrogen (secondary N) is 1. The largest absolute Gasteiger partial charge is 0.378 e. The van der Waals surface area contributed by atoms with Gasteiger partial charge in [0.2, 0.25) is 0 Å². The SMILES string of the molecule is C1=Nc2ccc(-c3ccccc3)cc2NC1. The molecule has 2 nitrogen and oxygen atoms in total. The second-order valence-electron chi connectivity index (χ2n) is 3.79. The quantitative estimate of drug-likeness (QED) is 0.762. The van der Waals surface area contributed by atoms with Crippen LogP contribution in [-0.2, 0) is 0 Å². The van der Waals surface area contributed by atoms with Crippen molar-refractivity contribution >= 4 is 17.6 Å². The van der Waals surface area contributed by atoms with Gasteiger partial charge in [0.05, 0.1) is 17.9 Å². The first kappa shape index (κ1) is 9.16. The number of hydrogen-bond donors (Lipinski definition) is 1. The summed E-state index contributed by atoms with van der Waals surface area (Å²) in [5.41, 5.74) is 4.60. The zero-order valence-corrected chi connectivity index (χ0v) is 8.85. The van der Waals surface area contributed by atoms with Crippen molar-refractivity contribution in [2.45, 2.75) is 0 Å². The minimum atomic E-state index is 0.811. The van der Waals surface area contributed by atoms with E-state index in [9.17, 15) is 0 Å². The highest BCUT2D eigenvalue weighted by Gasteiger charge is 2.06. The maximum Gasteiger partial charge on any atom is 0.0858 e. The van der Waals surface area contributed by atoms with Gasteiger partial charge in [0, 0.05) is 6.21 Å². The smallest absolute Gasteiger partial charge is 0.0858 e. The highest BCUT2D eigenvalue weighted by atomic mass is 15.0. The number of fused-ring (bicyclic) bond motifs is 1. The van der Waals surface area contributed by atoms with E-state index in [2.05, 4.69) is 52.8 Å². The zero-order chi connectivity index (χ0) is 10.8. The van der Waals surface area contributed by atoms with Crippen molar-refractivity contribution in [1.82, 2.24) is 0 Å². The average Bonchev–Trinajstić information content (AvgIpc) is 2.39. The van der Waals surface area contributed by atoms with Crippen LogP contribution in [0.2, 0.25) is 0 Å².